The molecule has 126 valence electrons. The lowest BCUT2D eigenvalue weighted by molar-refractivity contribution is 0.0941. The van der Waals surface area contributed by atoms with E-state index in [1.807, 2.05) is 0 Å². The molecule has 23 heavy (non-hydrogen) atoms. The van der Waals surface area contributed by atoms with Crippen LogP contribution in [0.3, 0.4) is 0 Å². The van der Waals surface area contributed by atoms with Crippen molar-refractivity contribution in [2.45, 2.75) is 44.1 Å². The van der Waals surface area contributed by atoms with Gasteiger partial charge in [-0.2, -0.15) is 0 Å². The zero-order chi connectivity index (χ0) is 15.6. The Morgan fingerprint density at radius 1 is 1.13 bits per heavy atom. The summed E-state index contributed by atoms with van der Waals surface area (Å²) in [6.45, 7) is 0.458. The molecule has 1 saturated carbocycles. The minimum absolute atomic E-state index is 0. The average molecular weight is 341 g/mol. The summed E-state index contributed by atoms with van der Waals surface area (Å²) in [5.41, 5.74) is 7.10. The third kappa shape index (κ3) is 4.14. The van der Waals surface area contributed by atoms with Gasteiger partial charge in [-0.3, -0.25) is 4.79 Å². The topological polar surface area (TPSA) is 98.5 Å². The number of hydrogen-bond donors (Lipinski definition) is 2. The number of fused-ring (bicyclic) bond motifs is 1. The number of nitrogens with one attached hydrogen (secondary N) is 1. The third-order valence-corrected chi connectivity index (χ3v) is 4.29. The third-order valence-electron chi connectivity index (χ3n) is 4.29. The lowest BCUT2D eigenvalue weighted by Crippen LogP contribution is -2.49. The van der Waals surface area contributed by atoms with Crippen LogP contribution in [0.15, 0.2) is 31.8 Å². The summed E-state index contributed by atoms with van der Waals surface area (Å²) in [4.78, 5) is 23.3. The molecule has 0 radical (unpaired) electrons. The van der Waals surface area contributed by atoms with Crippen LogP contribution < -0.4 is 16.9 Å². The second kappa shape index (κ2) is 7.19. The molecule has 3 N–H and O–H groups in total. The Kier molecular flexibility index (Phi) is 5.49. The Hall–Kier alpha value is -1.79. The predicted octanol–water partition coefficient (Wildman–Crippen LogP) is 2.59. The molecular weight excluding hydrogens is 320 g/mol. The number of rotatable bonds is 3. The van der Waals surface area contributed by atoms with Crippen molar-refractivity contribution in [2.24, 2.45) is 5.73 Å². The summed E-state index contributed by atoms with van der Waals surface area (Å²) in [6.07, 6.45) is 6.51. The van der Waals surface area contributed by atoms with Crippen LogP contribution >= 0.6 is 12.4 Å². The maximum absolute atomic E-state index is 12.2. The molecule has 1 aliphatic rings. The number of amides is 1. The van der Waals surface area contributed by atoms with E-state index in [9.17, 15) is 9.59 Å². The molecule has 1 aromatic carbocycles. The van der Waals surface area contributed by atoms with Crippen molar-refractivity contribution in [3.05, 3.63) is 34.4 Å². The first-order valence-electron chi connectivity index (χ1n) is 7.67. The molecule has 0 saturated heterocycles. The van der Waals surface area contributed by atoms with E-state index in [0.717, 1.165) is 25.7 Å². The predicted molar refractivity (Wildman–Crippen MR) is 89.0 cm³/mol. The van der Waals surface area contributed by atoms with Crippen molar-refractivity contribution in [3.8, 4) is 0 Å². The molecule has 1 fully saturated rings. The molecule has 1 aliphatic carbocycles. The highest BCUT2D eigenvalue weighted by Gasteiger charge is 2.26. The lowest BCUT2D eigenvalue weighted by atomic mass is 9.91. The first kappa shape index (κ1) is 17.6. The molecule has 2 aromatic rings. The van der Waals surface area contributed by atoms with Crippen molar-refractivity contribution in [1.82, 2.24) is 5.32 Å². The maximum Gasteiger partial charge on any atom is 0.519 e. The van der Waals surface area contributed by atoms with Crippen LogP contribution in [0.5, 0.6) is 0 Å². The first-order chi connectivity index (χ1) is 10.6. The first-order valence-corrected chi connectivity index (χ1v) is 7.67. The lowest BCUT2D eigenvalue weighted by Gasteiger charge is -2.28. The van der Waals surface area contributed by atoms with Crippen LogP contribution in [0.1, 0.15) is 48.9 Å². The van der Waals surface area contributed by atoms with Gasteiger partial charge in [-0.05, 0) is 31.0 Å². The summed E-state index contributed by atoms with van der Waals surface area (Å²) < 4.78 is 9.68. The normalized spacial score (nSPS) is 17.3. The smallest absolute Gasteiger partial charge is 0.391 e. The van der Waals surface area contributed by atoms with E-state index in [1.54, 1.807) is 12.1 Å². The molecule has 1 amide bonds. The van der Waals surface area contributed by atoms with E-state index in [4.69, 9.17) is 14.6 Å². The van der Waals surface area contributed by atoms with E-state index in [1.165, 1.54) is 18.9 Å². The fourth-order valence-corrected chi connectivity index (χ4v) is 2.98. The Morgan fingerprint density at radius 2 is 1.78 bits per heavy atom. The molecule has 7 heteroatoms. The summed E-state index contributed by atoms with van der Waals surface area (Å²) >= 11 is 0. The Bertz CT molecular complexity index is 729. The molecule has 0 spiro atoms. The quantitative estimate of drug-likeness (QED) is 0.837. The number of nitrogens with two attached hydrogens (primary N) is 1. The fourth-order valence-electron chi connectivity index (χ4n) is 2.98. The van der Waals surface area contributed by atoms with Crippen LogP contribution in [0.2, 0.25) is 0 Å². The Morgan fingerprint density at radius 3 is 2.48 bits per heavy atom. The van der Waals surface area contributed by atoms with Crippen molar-refractivity contribution in [3.63, 3.8) is 0 Å². The van der Waals surface area contributed by atoms with Gasteiger partial charge in [-0.25, -0.2) is 4.79 Å². The van der Waals surface area contributed by atoms with Crippen LogP contribution in [0, 0.1) is 0 Å². The van der Waals surface area contributed by atoms with E-state index in [0.29, 0.717) is 17.7 Å². The zero-order valence-corrected chi connectivity index (χ0v) is 13.6. The molecule has 6 nitrogen and oxygen atoms in total. The number of halogens is 1. The van der Waals surface area contributed by atoms with E-state index >= 15 is 0 Å². The molecule has 0 bridgehead atoms. The number of carbonyl (C=O) groups is 1. The van der Waals surface area contributed by atoms with Gasteiger partial charge in [0.25, 0.3) is 5.91 Å². The molecule has 3 rings (SSSR count). The molecule has 0 aliphatic heterocycles. The van der Waals surface area contributed by atoms with Crippen LogP contribution in [0.25, 0.3) is 11.2 Å². The van der Waals surface area contributed by atoms with Gasteiger partial charge in [-0.15, -0.1) is 12.4 Å². The standard InChI is InChI=1S/C16H20N2O4.ClH/c17-16(7-3-1-2-4-8-16)10-18-14(19)11-5-6-12-13(9-11)22-15(20)21-12;/h5-6,9H,1-4,7-8,10,17H2,(H,18,19);1H. The second-order valence-corrected chi connectivity index (χ2v) is 6.07. The summed E-state index contributed by atoms with van der Waals surface area (Å²) in [5, 5.41) is 2.89. The summed E-state index contributed by atoms with van der Waals surface area (Å²) in [5.74, 6) is -0.994. The zero-order valence-electron chi connectivity index (χ0n) is 12.8. The van der Waals surface area contributed by atoms with Crippen molar-refractivity contribution in [1.29, 1.82) is 0 Å². The van der Waals surface area contributed by atoms with Crippen LogP contribution in [-0.4, -0.2) is 18.0 Å². The van der Waals surface area contributed by atoms with Gasteiger partial charge < -0.3 is 19.9 Å². The average Bonchev–Trinajstić information content (AvgIpc) is 2.73. The van der Waals surface area contributed by atoms with Crippen molar-refractivity contribution in [2.75, 3.05) is 6.54 Å². The minimum Gasteiger partial charge on any atom is -0.391 e. The van der Waals surface area contributed by atoms with Gasteiger partial charge >= 0.3 is 5.82 Å². The van der Waals surface area contributed by atoms with Gasteiger partial charge in [0.1, 0.15) is 0 Å². The minimum atomic E-state index is -0.771. The van der Waals surface area contributed by atoms with Gasteiger partial charge in [0.05, 0.1) is 0 Å². The van der Waals surface area contributed by atoms with Crippen LogP contribution in [-0.2, 0) is 0 Å². The van der Waals surface area contributed by atoms with Gasteiger partial charge in [0.15, 0.2) is 11.2 Å². The van der Waals surface area contributed by atoms with Crippen molar-refractivity contribution < 1.29 is 13.6 Å². The molecule has 1 heterocycles. The number of hydrogen-bond acceptors (Lipinski definition) is 5. The molecule has 1 aromatic heterocycles. The van der Waals surface area contributed by atoms with E-state index < -0.39 is 5.82 Å². The molecule has 0 atom stereocenters. The largest absolute Gasteiger partial charge is 0.519 e. The Balaban J connectivity index is 0.00000192. The fraction of sp³-hybridized carbons (Fsp3) is 0.500. The Labute approximate surface area is 139 Å². The highest BCUT2D eigenvalue weighted by molar-refractivity contribution is 5.96. The second-order valence-electron chi connectivity index (χ2n) is 6.07. The SMILES string of the molecule is Cl.NC1(CNC(=O)c2ccc3oc(=O)oc3c2)CCCCCC1. The van der Waals surface area contributed by atoms with Gasteiger partial charge in [0.2, 0.25) is 0 Å². The van der Waals surface area contributed by atoms with E-state index in [-0.39, 0.29) is 29.4 Å². The highest BCUT2D eigenvalue weighted by atomic mass is 35.5. The van der Waals surface area contributed by atoms with Crippen molar-refractivity contribution >= 4 is 29.5 Å². The highest BCUT2D eigenvalue weighted by Crippen LogP contribution is 2.24. The summed E-state index contributed by atoms with van der Waals surface area (Å²) in [7, 11) is 0. The van der Waals surface area contributed by atoms with Crippen LogP contribution in [0.4, 0.5) is 0 Å². The van der Waals surface area contributed by atoms with E-state index in [2.05, 4.69) is 5.32 Å². The number of benzene rings is 1. The molecular formula is C16H21ClN2O4. The maximum atomic E-state index is 12.2. The van der Waals surface area contributed by atoms with Gasteiger partial charge in [-0.1, -0.05) is 25.7 Å². The monoisotopic (exact) mass is 340 g/mol. The summed E-state index contributed by atoms with van der Waals surface area (Å²) in [6, 6.07) is 4.66. The van der Waals surface area contributed by atoms with Gasteiger partial charge in [0, 0.05) is 17.6 Å². The number of carbonyl (C=O) groups excluding carboxylic acids is 1. The molecule has 0 unspecified atom stereocenters.